The van der Waals surface area contributed by atoms with E-state index >= 15 is 0 Å². The van der Waals surface area contributed by atoms with Crippen LogP contribution in [0.3, 0.4) is 0 Å². The molecule has 0 saturated carbocycles. The molecule has 0 aromatic heterocycles. The number of rotatable bonds is 5. The molecule has 0 spiro atoms. The van der Waals surface area contributed by atoms with Crippen molar-refractivity contribution in [2.24, 2.45) is 5.92 Å². The lowest BCUT2D eigenvalue weighted by molar-refractivity contribution is 0.254. The van der Waals surface area contributed by atoms with Crippen LogP contribution in [0.2, 0.25) is 0 Å². The predicted molar refractivity (Wildman–Crippen MR) is 96.9 cm³/mol. The summed E-state index contributed by atoms with van der Waals surface area (Å²) in [5.74, 6) is 1.61. The van der Waals surface area contributed by atoms with Gasteiger partial charge in [0.15, 0.2) is 0 Å². The average molecular weight is 355 g/mol. The molecule has 120 valence electrons. The van der Waals surface area contributed by atoms with Gasteiger partial charge in [0.05, 0.1) is 6.61 Å². The molecule has 1 aromatic carbocycles. The lowest BCUT2D eigenvalue weighted by Crippen LogP contribution is -2.19. The van der Waals surface area contributed by atoms with Crippen LogP contribution < -0.4 is 4.74 Å². The first-order chi connectivity index (χ1) is 9.59. The quantitative estimate of drug-likeness (QED) is 0.582. The predicted octanol–water partition coefficient (Wildman–Crippen LogP) is 6.08. The van der Waals surface area contributed by atoms with E-state index in [9.17, 15) is 0 Å². The Labute approximate surface area is 139 Å². The van der Waals surface area contributed by atoms with E-state index in [0.29, 0.717) is 5.92 Å². The molecule has 0 fully saturated rings. The zero-order chi connectivity index (χ0) is 16.3. The summed E-state index contributed by atoms with van der Waals surface area (Å²) in [5, 5.41) is 0.994. The van der Waals surface area contributed by atoms with Gasteiger partial charge in [-0.2, -0.15) is 0 Å². The number of benzene rings is 1. The molecule has 0 aliphatic heterocycles. The van der Waals surface area contributed by atoms with Crippen LogP contribution in [0, 0.1) is 5.92 Å². The maximum absolute atomic E-state index is 6.15. The molecule has 1 rings (SSSR count). The van der Waals surface area contributed by atoms with Crippen molar-refractivity contribution < 1.29 is 4.74 Å². The lowest BCUT2D eigenvalue weighted by atomic mass is 9.80. The first kappa shape index (κ1) is 18.5. The van der Waals surface area contributed by atoms with Crippen LogP contribution in [-0.2, 0) is 10.8 Å². The minimum absolute atomic E-state index is 0.0900. The average Bonchev–Trinajstić information content (AvgIpc) is 2.37. The highest BCUT2D eigenvalue weighted by molar-refractivity contribution is 9.09. The van der Waals surface area contributed by atoms with E-state index < -0.39 is 0 Å². The smallest absolute Gasteiger partial charge is 0.123 e. The van der Waals surface area contributed by atoms with Gasteiger partial charge in [-0.3, -0.25) is 0 Å². The molecule has 0 amide bonds. The van der Waals surface area contributed by atoms with E-state index in [2.05, 4.69) is 82.6 Å². The van der Waals surface area contributed by atoms with Crippen LogP contribution >= 0.6 is 15.9 Å². The van der Waals surface area contributed by atoms with Crippen LogP contribution in [0.25, 0.3) is 0 Å². The highest BCUT2D eigenvalue weighted by Gasteiger charge is 2.23. The molecule has 0 aliphatic rings. The maximum atomic E-state index is 6.15. The van der Waals surface area contributed by atoms with Crippen LogP contribution in [0.1, 0.15) is 66.0 Å². The van der Waals surface area contributed by atoms with Crippen molar-refractivity contribution in [3.63, 3.8) is 0 Å². The molecule has 1 unspecified atom stereocenters. The summed E-state index contributed by atoms with van der Waals surface area (Å²) >= 11 is 3.57. The van der Waals surface area contributed by atoms with Crippen LogP contribution in [0.15, 0.2) is 18.2 Å². The second kappa shape index (κ2) is 7.17. The third-order valence-electron chi connectivity index (χ3n) is 3.92. The Hall–Kier alpha value is -0.500. The summed E-state index contributed by atoms with van der Waals surface area (Å²) in [6.07, 6.45) is 1.14. The van der Waals surface area contributed by atoms with Gasteiger partial charge in [-0.1, -0.05) is 76.5 Å². The third kappa shape index (κ3) is 5.32. The Morgan fingerprint density at radius 3 is 2.10 bits per heavy atom. The minimum Gasteiger partial charge on any atom is -0.493 e. The zero-order valence-electron chi connectivity index (χ0n) is 14.7. The van der Waals surface area contributed by atoms with E-state index in [1.807, 2.05) is 0 Å². The second-order valence-corrected chi connectivity index (χ2v) is 8.60. The topological polar surface area (TPSA) is 9.23 Å². The highest BCUT2D eigenvalue weighted by Crippen LogP contribution is 2.35. The highest BCUT2D eigenvalue weighted by atomic mass is 79.9. The molecule has 1 nitrogen and oxygen atoms in total. The van der Waals surface area contributed by atoms with E-state index in [4.69, 9.17) is 4.74 Å². The first-order valence-corrected chi connectivity index (χ1v) is 9.05. The maximum Gasteiger partial charge on any atom is 0.123 e. The van der Waals surface area contributed by atoms with Gasteiger partial charge in [-0.05, 0) is 34.4 Å². The number of alkyl halides is 1. The van der Waals surface area contributed by atoms with Crippen LogP contribution in [0.4, 0.5) is 0 Å². The fraction of sp³-hybridized carbons (Fsp3) is 0.684. The summed E-state index contributed by atoms with van der Waals surface area (Å²) in [5.41, 5.74) is 2.93. The van der Waals surface area contributed by atoms with E-state index in [1.165, 1.54) is 11.1 Å². The van der Waals surface area contributed by atoms with Crippen molar-refractivity contribution >= 4 is 15.9 Å². The van der Waals surface area contributed by atoms with Crippen molar-refractivity contribution in [1.82, 2.24) is 0 Å². The Morgan fingerprint density at radius 2 is 1.67 bits per heavy atom. The van der Waals surface area contributed by atoms with Crippen molar-refractivity contribution in [3.05, 3.63) is 29.3 Å². The van der Waals surface area contributed by atoms with Gasteiger partial charge < -0.3 is 4.74 Å². The monoisotopic (exact) mass is 354 g/mol. The largest absolute Gasteiger partial charge is 0.493 e. The fourth-order valence-electron chi connectivity index (χ4n) is 2.19. The molecule has 1 atom stereocenters. The Morgan fingerprint density at radius 1 is 1.05 bits per heavy atom. The number of hydrogen-bond acceptors (Lipinski definition) is 1. The number of halogens is 1. The summed E-state index contributed by atoms with van der Waals surface area (Å²) in [4.78, 5) is 0. The Kier molecular flexibility index (Phi) is 6.34. The molecule has 0 N–H and O–H groups in total. The number of ether oxygens (including phenoxy) is 1. The molecule has 0 bridgehead atoms. The van der Waals surface area contributed by atoms with Gasteiger partial charge in [0.1, 0.15) is 5.75 Å². The van der Waals surface area contributed by atoms with Gasteiger partial charge in [-0.25, -0.2) is 0 Å². The fourth-order valence-corrected chi connectivity index (χ4v) is 2.83. The molecule has 2 heteroatoms. The third-order valence-corrected chi connectivity index (χ3v) is 4.84. The molecule has 21 heavy (non-hydrogen) atoms. The van der Waals surface area contributed by atoms with Crippen molar-refractivity contribution in [1.29, 1.82) is 0 Å². The molecule has 0 saturated heterocycles. The van der Waals surface area contributed by atoms with Crippen LogP contribution in [0.5, 0.6) is 5.75 Å². The van der Waals surface area contributed by atoms with E-state index in [-0.39, 0.29) is 10.8 Å². The minimum atomic E-state index is 0.0900. The van der Waals surface area contributed by atoms with Gasteiger partial charge in [0.25, 0.3) is 0 Å². The van der Waals surface area contributed by atoms with Crippen molar-refractivity contribution in [3.8, 4) is 5.75 Å². The van der Waals surface area contributed by atoms with Crippen molar-refractivity contribution in [2.45, 2.75) is 65.7 Å². The Balaban J connectivity index is 3.09. The first-order valence-electron chi connectivity index (χ1n) is 7.93. The molecular weight excluding hydrogens is 324 g/mol. The molecule has 0 aliphatic carbocycles. The summed E-state index contributed by atoms with van der Waals surface area (Å²) < 4.78 is 6.15. The van der Waals surface area contributed by atoms with E-state index in [0.717, 1.165) is 24.1 Å². The molecule has 0 heterocycles. The van der Waals surface area contributed by atoms with Gasteiger partial charge >= 0.3 is 0 Å². The standard InChI is InChI=1S/C19H31BrO/c1-8-14(12-20)13-21-17-10-9-15(18(2,3)4)11-16(17)19(5,6)7/h9-11,14H,8,12-13H2,1-7H3. The summed E-state index contributed by atoms with van der Waals surface area (Å²) in [6.45, 7) is 16.5. The second-order valence-electron chi connectivity index (χ2n) is 7.95. The van der Waals surface area contributed by atoms with Crippen molar-refractivity contribution in [2.75, 3.05) is 11.9 Å². The van der Waals surface area contributed by atoms with Gasteiger partial charge in [0, 0.05) is 11.2 Å². The van der Waals surface area contributed by atoms with Crippen LogP contribution in [-0.4, -0.2) is 11.9 Å². The van der Waals surface area contributed by atoms with Gasteiger partial charge in [0.2, 0.25) is 0 Å². The van der Waals surface area contributed by atoms with Gasteiger partial charge in [-0.15, -0.1) is 0 Å². The lowest BCUT2D eigenvalue weighted by Gasteiger charge is -2.27. The zero-order valence-corrected chi connectivity index (χ0v) is 16.3. The van der Waals surface area contributed by atoms with E-state index in [1.54, 1.807) is 0 Å². The Bertz CT molecular complexity index is 448. The molecule has 0 radical (unpaired) electrons. The number of hydrogen-bond donors (Lipinski definition) is 0. The molecule has 1 aromatic rings. The SMILES string of the molecule is CCC(CBr)COc1ccc(C(C)(C)C)cc1C(C)(C)C. The summed E-state index contributed by atoms with van der Waals surface area (Å²) in [7, 11) is 0. The summed E-state index contributed by atoms with van der Waals surface area (Å²) in [6, 6.07) is 6.69. The molecular formula is C19H31BrO. The normalized spacial score (nSPS) is 14.1.